The fraction of sp³-hybridized carbons (Fsp3) is 0.721. The van der Waals surface area contributed by atoms with Crippen molar-refractivity contribution in [2.24, 2.45) is 34.5 Å². The number of benzene rings is 1. The van der Waals surface area contributed by atoms with Gasteiger partial charge in [0.15, 0.2) is 0 Å². The van der Waals surface area contributed by atoms with Crippen LogP contribution in [0.1, 0.15) is 134 Å². The first-order valence-corrected chi connectivity index (χ1v) is 19.3. The van der Waals surface area contributed by atoms with Gasteiger partial charge in [-0.15, -0.1) is 0 Å². The number of aryl methyl sites for hydroxylation is 1. The van der Waals surface area contributed by atoms with Crippen molar-refractivity contribution in [3.05, 3.63) is 72.4 Å². The minimum atomic E-state index is 0.426. The van der Waals surface area contributed by atoms with Crippen LogP contribution in [0.2, 0.25) is 0 Å². The van der Waals surface area contributed by atoms with Crippen LogP contribution in [0.5, 0.6) is 0 Å². The third-order valence-corrected chi connectivity index (χ3v) is 12.0. The molecule has 4 fully saturated rings. The smallest absolute Gasteiger partial charge is 0.104 e. The lowest BCUT2D eigenvalue weighted by atomic mass is 9.82. The summed E-state index contributed by atoms with van der Waals surface area (Å²) in [6, 6.07) is 10.9. The minimum Gasteiger partial charge on any atom is -0.382 e. The summed E-state index contributed by atoms with van der Waals surface area (Å²) in [7, 11) is 1.68. The van der Waals surface area contributed by atoms with Gasteiger partial charge in [0.05, 0.1) is 13.2 Å². The van der Waals surface area contributed by atoms with E-state index in [4.69, 9.17) is 9.47 Å². The van der Waals surface area contributed by atoms with E-state index >= 15 is 0 Å². The van der Waals surface area contributed by atoms with Gasteiger partial charge in [0.25, 0.3) is 0 Å². The monoisotopic (exact) mass is 615 g/mol. The van der Waals surface area contributed by atoms with Crippen molar-refractivity contribution in [2.45, 2.75) is 141 Å². The fourth-order valence-corrected chi connectivity index (χ4v) is 9.05. The maximum absolute atomic E-state index is 4.82. The van der Waals surface area contributed by atoms with Crippen molar-refractivity contribution in [3.8, 4) is 0 Å². The molecule has 1 saturated heterocycles. The number of epoxide rings is 1. The quantitative estimate of drug-likeness (QED) is 0.118. The molecule has 6 bridgehead atoms. The van der Waals surface area contributed by atoms with Crippen molar-refractivity contribution >= 4 is 0 Å². The summed E-state index contributed by atoms with van der Waals surface area (Å²) in [4.78, 5) is 0. The maximum Gasteiger partial charge on any atom is 0.104 e. The van der Waals surface area contributed by atoms with Crippen LogP contribution >= 0.6 is 0 Å². The molecule has 8 rings (SSSR count). The molecule has 250 valence electrons. The number of methoxy groups -OCH3 is 1. The van der Waals surface area contributed by atoms with E-state index in [2.05, 4.69) is 73.7 Å². The SMILES string of the molecule is C1=CC2(CCc3ccccc3)CCC1C2.C1=CC2CCC1C2.CCCCCCCCCCC12C=CC(CC1)C2.COCC1CO1. The third kappa shape index (κ3) is 11.5. The van der Waals surface area contributed by atoms with Gasteiger partial charge >= 0.3 is 0 Å². The number of hydrogen-bond donors (Lipinski definition) is 0. The zero-order valence-corrected chi connectivity index (χ0v) is 29.1. The van der Waals surface area contributed by atoms with Crippen LogP contribution in [-0.4, -0.2) is 26.4 Å². The summed E-state index contributed by atoms with van der Waals surface area (Å²) in [5.74, 6) is 3.86. The fourth-order valence-electron chi connectivity index (χ4n) is 9.05. The van der Waals surface area contributed by atoms with Crippen LogP contribution < -0.4 is 0 Å². The molecule has 1 aromatic carbocycles. The van der Waals surface area contributed by atoms with Gasteiger partial charge in [0.1, 0.15) is 6.10 Å². The molecule has 1 aromatic rings. The molecule has 7 unspecified atom stereocenters. The molecule has 0 amide bonds. The molecule has 1 heterocycles. The molecule has 2 heteroatoms. The molecule has 1 aliphatic heterocycles. The minimum absolute atomic E-state index is 0.426. The molecule has 7 atom stereocenters. The van der Waals surface area contributed by atoms with E-state index in [1.165, 1.54) is 134 Å². The normalized spacial score (nSPS) is 33.4. The summed E-state index contributed by atoms with van der Waals surface area (Å²) >= 11 is 0. The average Bonchev–Trinajstić information content (AvgIpc) is 3.72. The van der Waals surface area contributed by atoms with Crippen LogP contribution in [0, 0.1) is 34.5 Å². The van der Waals surface area contributed by atoms with Crippen LogP contribution in [0.3, 0.4) is 0 Å². The predicted octanol–water partition coefficient (Wildman–Crippen LogP) is 11.9. The third-order valence-electron chi connectivity index (χ3n) is 12.0. The molecule has 0 spiro atoms. The Morgan fingerprint density at radius 3 is 1.67 bits per heavy atom. The Hall–Kier alpha value is -1.64. The second-order valence-electron chi connectivity index (χ2n) is 15.8. The molecular weight excluding hydrogens is 548 g/mol. The van der Waals surface area contributed by atoms with Crippen LogP contribution in [0.25, 0.3) is 0 Å². The lowest BCUT2D eigenvalue weighted by Crippen LogP contribution is -2.12. The predicted molar refractivity (Wildman–Crippen MR) is 191 cm³/mol. The van der Waals surface area contributed by atoms with Gasteiger partial charge in [0.2, 0.25) is 0 Å². The molecule has 0 radical (unpaired) electrons. The summed E-state index contributed by atoms with van der Waals surface area (Å²) < 4.78 is 9.56. The number of hydrogen-bond acceptors (Lipinski definition) is 2. The number of ether oxygens (including phenoxy) is 2. The van der Waals surface area contributed by atoms with Crippen molar-refractivity contribution in [1.82, 2.24) is 0 Å². The van der Waals surface area contributed by atoms with Gasteiger partial charge in [-0.2, -0.15) is 0 Å². The lowest BCUT2D eigenvalue weighted by Gasteiger charge is -2.23. The summed E-state index contributed by atoms with van der Waals surface area (Å²) in [5, 5.41) is 0. The molecular formula is C43H66O2. The van der Waals surface area contributed by atoms with Gasteiger partial charge in [-0.1, -0.05) is 125 Å². The highest BCUT2D eigenvalue weighted by molar-refractivity contribution is 5.19. The van der Waals surface area contributed by atoms with Crippen LogP contribution in [0.15, 0.2) is 66.8 Å². The molecule has 0 aromatic heterocycles. The second kappa shape index (κ2) is 18.1. The Bertz CT molecular complexity index is 1040. The van der Waals surface area contributed by atoms with E-state index in [0.717, 1.165) is 36.9 Å². The largest absolute Gasteiger partial charge is 0.382 e. The topological polar surface area (TPSA) is 21.8 Å². The Labute approximate surface area is 277 Å². The highest BCUT2D eigenvalue weighted by Crippen LogP contribution is 2.52. The molecule has 2 nitrogen and oxygen atoms in total. The zero-order chi connectivity index (χ0) is 31.2. The number of unbranched alkanes of at least 4 members (excludes halogenated alkanes) is 7. The number of fused-ring (bicyclic) bond motifs is 6. The highest BCUT2D eigenvalue weighted by atomic mass is 16.6. The van der Waals surface area contributed by atoms with E-state index in [0.29, 0.717) is 16.9 Å². The first-order valence-electron chi connectivity index (χ1n) is 19.3. The van der Waals surface area contributed by atoms with Crippen molar-refractivity contribution in [1.29, 1.82) is 0 Å². The van der Waals surface area contributed by atoms with Gasteiger partial charge in [-0.3, -0.25) is 0 Å². The Morgan fingerprint density at radius 2 is 1.27 bits per heavy atom. The van der Waals surface area contributed by atoms with Crippen molar-refractivity contribution in [2.75, 3.05) is 20.3 Å². The van der Waals surface area contributed by atoms with E-state index in [-0.39, 0.29) is 0 Å². The van der Waals surface area contributed by atoms with Gasteiger partial charge in [0, 0.05) is 7.11 Å². The van der Waals surface area contributed by atoms with E-state index < -0.39 is 0 Å². The summed E-state index contributed by atoms with van der Waals surface area (Å²) in [6.07, 6.45) is 44.1. The molecule has 0 N–H and O–H groups in total. The Kier molecular flexibility index (Phi) is 13.9. The Balaban J connectivity index is 0.000000129. The lowest BCUT2D eigenvalue weighted by molar-refractivity contribution is 0.171. The van der Waals surface area contributed by atoms with E-state index in [9.17, 15) is 0 Å². The van der Waals surface area contributed by atoms with Gasteiger partial charge < -0.3 is 9.47 Å². The standard InChI is InChI=1S/C17H30.C15H18.C7H10.C4H8O2/c1-2-3-4-5-6-7-8-9-12-17-13-10-16(15-17)11-14-17;1-2-4-13(5-3-1)6-9-15-10-7-14(12-15)8-11-15;1-2-7-4-3-6(1)5-7;1-5-2-4-3-6-4/h10,13,16H,2-9,11-12,14-15H2,1H3;1-5,7,10,14H,6,8-9,11-12H2;1-2,6-7H,3-5H2;4H,2-3H2,1H3. The molecule has 7 aliphatic rings. The van der Waals surface area contributed by atoms with Crippen molar-refractivity contribution < 1.29 is 9.47 Å². The first-order chi connectivity index (χ1) is 22.1. The average molecular weight is 615 g/mol. The van der Waals surface area contributed by atoms with Gasteiger partial charge in [-0.25, -0.2) is 0 Å². The Morgan fingerprint density at radius 1 is 0.689 bits per heavy atom. The zero-order valence-electron chi connectivity index (χ0n) is 29.1. The number of rotatable bonds is 14. The van der Waals surface area contributed by atoms with Gasteiger partial charge in [-0.05, 0) is 117 Å². The second-order valence-corrected chi connectivity index (χ2v) is 15.8. The molecule has 45 heavy (non-hydrogen) atoms. The summed E-state index contributed by atoms with van der Waals surface area (Å²) in [5.41, 5.74) is 2.75. The van der Waals surface area contributed by atoms with E-state index in [1.54, 1.807) is 7.11 Å². The van der Waals surface area contributed by atoms with Crippen LogP contribution in [0.4, 0.5) is 0 Å². The first kappa shape index (κ1) is 34.7. The molecule has 3 saturated carbocycles. The van der Waals surface area contributed by atoms with E-state index in [1.807, 2.05) is 0 Å². The maximum atomic E-state index is 4.82. The summed E-state index contributed by atoms with van der Waals surface area (Å²) in [6.45, 7) is 3.96. The molecule has 6 aliphatic carbocycles. The van der Waals surface area contributed by atoms with Crippen LogP contribution in [-0.2, 0) is 15.9 Å². The number of allylic oxidation sites excluding steroid dienone is 6. The van der Waals surface area contributed by atoms with Crippen molar-refractivity contribution in [3.63, 3.8) is 0 Å². The highest BCUT2D eigenvalue weighted by Gasteiger charge is 2.40.